The molecule has 112 valence electrons. The average molecular weight is 301 g/mol. The molecule has 6 heteroatoms. The van der Waals surface area contributed by atoms with Crippen LogP contribution in [0, 0.1) is 11.6 Å². The van der Waals surface area contributed by atoms with Crippen LogP contribution in [-0.4, -0.2) is 28.2 Å². The Morgan fingerprint density at radius 1 is 0.955 bits per heavy atom. The Morgan fingerprint density at radius 2 is 1.73 bits per heavy atom. The van der Waals surface area contributed by atoms with Gasteiger partial charge < -0.3 is 10.4 Å². The summed E-state index contributed by atoms with van der Waals surface area (Å²) in [6.07, 6.45) is 1.42. The smallest absolute Gasteiger partial charge is 0.137 e. The van der Waals surface area contributed by atoms with Gasteiger partial charge in [-0.15, -0.1) is 0 Å². The highest BCUT2D eigenvalue weighted by molar-refractivity contribution is 5.92. The zero-order valence-electron chi connectivity index (χ0n) is 11.6. The zero-order chi connectivity index (χ0) is 15.5. The number of aromatic nitrogens is 2. The molecule has 0 spiro atoms. The van der Waals surface area contributed by atoms with Crippen molar-refractivity contribution in [3.05, 3.63) is 54.4 Å². The van der Waals surface area contributed by atoms with Crippen molar-refractivity contribution in [1.29, 1.82) is 0 Å². The summed E-state index contributed by atoms with van der Waals surface area (Å²) in [6, 6.07) is 8.66. The monoisotopic (exact) mass is 301 g/mol. The maximum Gasteiger partial charge on any atom is 0.137 e. The number of hydrogen-bond donors (Lipinski definition) is 2. The zero-order valence-corrected chi connectivity index (χ0v) is 11.6. The first-order valence-corrected chi connectivity index (χ1v) is 6.73. The molecule has 0 saturated carbocycles. The van der Waals surface area contributed by atoms with Crippen molar-refractivity contribution < 1.29 is 13.9 Å². The van der Waals surface area contributed by atoms with Crippen molar-refractivity contribution in [2.24, 2.45) is 0 Å². The van der Waals surface area contributed by atoms with Crippen LogP contribution in [0.3, 0.4) is 0 Å². The number of halogens is 2. The Balaban J connectivity index is 2.11. The number of fused-ring (bicyclic) bond motifs is 1. The summed E-state index contributed by atoms with van der Waals surface area (Å²) in [5.74, 6) is -0.686. The van der Waals surface area contributed by atoms with Crippen LogP contribution in [0.1, 0.15) is 0 Å². The largest absolute Gasteiger partial charge is 0.395 e. The van der Waals surface area contributed by atoms with Crippen LogP contribution in [0.25, 0.3) is 22.0 Å². The lowest BCUT2D eigenvalue weighted by molar-refractivity contribution is 0.311. The minimum absolute atomic E-state index is 0.0275. The van der Waals surface area contributed by atoms with Gasteiger partial charge in [0.2, 0.25) is 0 Å². The molecule has 3 rings (SSSR count). The fraction of sp³-hybridized carbons (Fsp3) is 0.125. The van der Waals surface area contributed by atoms with Gasteiger partial charge in [-0.3, -0.25) is 0 Å². The van der Waals surface area contributed by atoms with E-state index in [1.54, 1.807) is 18.2 Å². The van der Waals surface area contributed by atoms with Crippen LogP contribution >= 0.6 is 0 Å². The molecule has 0 radical (unpaired) electrons. The van der Waals surface area contributed by atoms with E-state index in [1.807, 2.05) is 0 Å². The predicted octanol–water partition coefficient (Wildman–Crippen LogP) is 2.98. The molecule has 3 aromatic rings. The maximum absolute atomic E-state index is 13.4. The minimum atomic E-state index is -0.627. The third kappa shape index (κ3) is 2.87. The number of rotatable bonds is 4. The van der Waals surface area contributed by atoms with Gasteiger partial charge in [0.1, 0.15) is 23.8 Å². The Labute approximate surface area is 125 Å². The molecule has 2 aromatic carbocycles. The third-order valence-electron chi connectivity index (χ3n) is 3.24. The van der Waals surface area contributed by atoms with E-state index in [1.165, 1.54) is 18.5 Å². The summed E-state index contributed by atoms with van der Waals surface area (Å²) < 4.78 is 26.7. The number of aliphatic hydroxyl groups is 1. The quantitative estimate of drug-likeness (QED) is 0.778. The van der Waals surface area contributed by atoms with E-state index in [0.717, 1.165) is 11.5 Å². The summed E-state index contributed by atoms with van der Waals surface area (Å²) in [4.78, 5) is 8.29. The standard InChI is InChI=1S/C16H13F2N3O/c17-12-5-11(6-13(18)8-12)10-1-2-15-14(7-10)16(19-3-4-22)21-9-20-15/h1-2,5-9,22H,3-4H2,(H,19,20,21). The highest BCUT2D eigenvalue weighted by Crippen LogP contribution is 2.27. The van der Waals surface area contributed by atoms with Gasteiger partial charge in [-0.05, 0) is 35.4 Å². The number of aliphatic hydroxyl groups excluding tert-OH is 1. The number of benzene rings is 2. The molecule has 0 fully saturated rings. The van der Waals surface area contributed by atoms with Crippen molar-refractivity contribution in [2.75, 3.05) is 18.5 Å². The second kappa shape index (κ2) is 6.03. The first kappa shape index (κ1) is 14.3. The summed E-state index contributed by atoms with van der Waals surface area (Å²) in [5, 5.41) is 12.6. The summed E-state index contributed by atoms with van der Waals surface area (Å²) in [7, 11) is 0. The molecule has 0 aliphatic carbocycles. The van der Waals surface area contributed by atoms with Gasteiger partial charge in [-0.1, -0.05) is 6.07 Å². The van der Waals surface area contributed by atoms with Crippen LogP contribution in [0.2, 0.25) is 0 Å². The molecule has 0 aliphatic rings. The van der Waals surface area contributed by atoms with Gasteiger partial charge in [-0.2, -0.15) is 0 Å². The van der Waals surface area contributed by atoms with E-state index in [0.29, 0.717) is 29.0 Å². The lowest BCUT2D eigenvalue weighted by Gasteiger charge is -2.09. The topological polar surface area (TPSA) is 58.0 Å². The molecule has 1 heterocycles. The highest BCUT2D eigenvalue weighted by Gasteiger charge is 2.08. The predicted molar refractivity (Wildman–Crippen MR) is 80.5 cm³/mol. The van der Waals surface area contributed by atoms with Crippen molar-refractivity contribution in [3.8, 4) is 11.1 Å². The fourth-order valence-electron chi connectivity index (χ4n) is 2.27. The summed E-state index contributed by atoms with van der Waals surface area (Å²) in [6.45, 7) is 0.325. The number of anilines is 1. The third-order valence-corrected chi connectivity index (χ3v) is 3.24. The van der Waals surface area contributed by atoms with Crippen molar-refractivity contribution in [2.45, 2.75) is 0 Å². The van der Waals surface area contributed by atoms with Crippen LogP contribution in [0.15, 0.2) is 42.7 Å². The Hall–Kier alpha value is -2.60. The van der Waals surface area contributed by atoms with Crippen molar-refractivity contribution in [3.63, 3.8) is 0 Å². The van der Waals surface area contributed by atoms with Crippen molar-refractivity contribution >= 4 is 16.7 Å². The van der Waals surface area contributed by atoms with Crippen molar-refractivity contribution in [1.82, 2.24) is 9.97 Å². The Bertz CT molecular complexity index is 803. The van der Waals surface area contributed by atoms with Gasteiger partial charge in [-0.25, -0.2) is 18.7 Å². The molecular formula is C16H13F2N3O. The van der Waals surface area contributed by atoms with Gasteiger partial charge in [0.15, 0.2) is 0 Å². The number of hydrogen-bond acceptors (Lipinski definition) is 4. The molecule has 0 amide bonds. The second-order valence-corrected chi connectivity index (χ2v) is 4.76. The summed E-state index contributed by atoms with van der Waals surface area (Å²) in [5.41, 5.74) is 1.81. The van der Waals surface area contributed by atoms with Gasteiger partial charge in [0.05, 0.1) is 12.1 Å². The van der Waals surface area contributed by atoms with E-state index in [4.69, 9.17) is 5.11 Å². The van der Waals surface area contributed by atoms with Gasteiger partial charge in [0, 0.05) is 18.0 Å². The van der Waals surface area contributed by atoms with E-state index in [9.17, 15) is 8.78 Å². The highest BCUT2D eigenvalue weighted by atomic mass is 19.1. The molecule has 0 unspecified atom stereocenters. The first-order chi connectivity index (χ1) is 10.7. The lowest BCUT2D eigenvalue weighted by Crippen LogP contribution is -2.07. The average Bonchev–Trinajstić information content (AvgIpc) is 2.51. The molecule has 4 nitrogen and oxygen atoms in total. The minimum Gasteiger partial charge on any atom is -0.395 e. The first-order valence-electron chi connectivity index (χ1n) is 6.73. The second-order valence-electron chi connectivity index (χ2n) is 4.76. The SMILES string of the molecule is OCCNc1ncnc2ccc(-c3cc(F)cc(F)c3)cc12. The van der Waals surface area contributed by atoms with E-state index in [-0.39, 0.29) is 6.61 Å². The van der Waals surface area contributed by atoms with Crippen LogP contribution < -0.4 is 5.32 Å². The number of nitrogens with one attached hydrogen (secondary N) is 1. The molecule has 0 atom stereocenters. The van der Waals surface area contributed by atoms with Crippen LogP contribution in [-0.2, 0) is 0 Å². The van der Waals surface area contributed by atoms with Crippen LogP contribution in [0.5, 0.6) is 0 Å². The molecule has 0 saturated heterocycles. The molecular weight excluding hydrogens is 288 g/mol. The lowest BCUT2D eigenvalue weighted by atomic mass is 10.0. The Kier molecular flexibility index (Phi) is 3.93. The molecule has 22 heavy (non-hydrogen) atoms. The van der Waals surface area contributed by atoms with E-state index < -0.39 is 11.6 Å². The molecule has 0 aliphatic heterocycles. The van der Waals surface area contributed by atoms with Crippen LogP contribution in [0.4, 0.5) is 14.6 Å². The van der Waals surface area contributed by atoms with Gasteiger partial charge in [0.25, 0.3) is 0 Å². The molecule has 1 aromatic heterocycles. The van der Waals surface area contributed by atoms with E-state index in [2.05, 4.69) is 15.3 Å². The maximum atomic E-state index is 13.4. The molecule has 2 N–H and O–H groups in total. The fourth-order valence-corrected chi connectivity index (χ4v) is 2.27. The van der Waals surface area contributed by atoms with E-state index >= 15 is 0 Å². The Morgan fingerprint density at radius 3 is 2.45 bits per heavy atom. The normalized spacial score (nSPS) is 10.9. The van der Waals surface area contributed by atoms with Gasteiger partial charge >= 0.3 is 0 Å². The summed E-state index contributed by atoms with van der Waals surface area (Å²) >= 11 is 0. The number of nitrogens with zero attached hydrogens (tertiary/aromatic N) is 2. The molecule has 0 bridgehead atoms.